The van der Waals surface area contributed by atoms with Gasteiger partial charge in [-0.15, -0.1) is 0 Å². The number of carbonyl (C=O) groups excluding carboxylic acids is 1. The Kier molecular flexibility index (Phi) is 4.98. The molecule has 1 aliphatic heterocycles. The van der Waals surface area contributed by atoms with E-state index < -0.39 is 0 Å². The van der Waals surface area contributed by atoms with Crippen molar-refractivity contribution in [3.8, 4) is 0 Å². The summed E-state index contributed by atoms with van der Waals surface area (Å²) < 4.78 is 5.30. The molecule has 0 spiro atoms. The van der Waals surface area contributed by atoms with E-state index in [2.05, 4.69) is 17.6 Å². The first-order valence-corrected chi connectivity index (χ1v) is 7.00. The Bertz CT molecular complexity index is 441. The monoisotopic (exact) mass is 277 g/mol. The quantitative estimate of drug-likeness (QED) is 0.887. The molecule has 20 heavy (non-hydrogen) atoms. The Balaban J connectivity index is 1.93. The first-order valence-electron chi connectivity index (χ1n) is 7.00. The highest BCUT2D eigenvalue weighted by atomic mass is 16.5. The van der Waals surface area contributed by atoms with Gasteiger partial charge in [-0.1, -0.05) is 12.1 Å². The maximum absolute atomic E-state index is 12.1. The van der Waals surface area contributed by atoms with Gasteiger partial charge in [0.1, 0.15) is 0 Å². The molecule has 1 heterocycles. The number of hydrogen-bond donors (Lipinski definition) is 2. The van der Waals surface area contributed by atoms with Crippen molar-refractivity contribution in [2.24, 2.45) is 0 Å². The van der Waals surface area contributed by atoms with Crippen LogP contribution in [0, 0.1) is 0 Å². The predicted molar refractivity (Wildman–Crippen MR) is 79.9 cm³/mol. The molecule has 1 fully saturated rings. The molecular weight excluding hydrogens is 254 g/mol. The highest BCUT2D eigenvalue weighted by Gasteiger charge is 2.24. The highest BCUT2D eigenvalue weighted by Crippen LogP contribution is 2.17. The molecule has 0 bridgehead atoms. The summed E-state index contributed by atoms with van der Waals surface area (Å²) in [6, 6.07) is 8.30. The normalized spacial score (nSPS) is 19.6. The molecule has 110 valence electrons. The number of ether oxygens (including phenoxy) is 1. The van der Waals surface area contributed by atoms with Gasteiger partial charge in [0.15, 0.2) is 0 Å². The van der Waals surface area contributed by atoms with Crippen molar-refractivity contribution >= 4 is 11.7 Å². The fourth-order valence-corrected chi connectivity index (χ4v) is 2.23. The SMILES string of the molecule is CNC(C)c1ccc(NC(=O)N(C)C2CCOC2)cc1. The summed E-state index contributed by atoms with van der Waals surface area (Å²) in [6.45, 7) is 3.46. The Morgan fingerprint density at radius 3 is 2.65 bits per heavy atom. The number of anilines is 1. The molecule has 0 saturated carbocycles. The van der Waals surface area contributed by atoms with Crippen molar-refractivity contribution in [1.82, 2.24) is 10.2 Å². The van der Waals surface area contributed by atoms with Gasteiger partial charge in [0, 0.05) is 25.4 Å². The van der Waals surface area contributed by atoms with Crippen molar-refractivity contribution in [2.45, 2.75) is 25.4 Å². The van der Waals surface area contributed by atoms with E-state index in [0.29, 0.717) is 12.6 Å². The van der Waals surface area contributed by atoms with Crippen LogP contribution in [0.1, 0.15) is 24.9 Å². The van der Waals surface area contributed by atoms with Crippen molar-refractivity contribution in [3.05, 3.63) is 29.8 Å². The third-order valence-electron chi connectivity index (χ3n) is 3.87. The van der Waals surface area contributed by atoms with Gasteiger partial charge in [-0.25, -0.2) is 4.79 Å². The minimum atomic E-state index is -0.0880. The van der Waals surface area contributed by atoms with E-state index in [0.717, 1.165) is 18.7 Å². The molecule has 2 rings (SSSR count). The number of benzene rings is 1. The average Bonchev–Trinajstić information content (AvgIpc) is 3.00. The number of nitrogens with one attached hydrogen (secondary N) is 2. The topological polar surface area (TPSA) is 53.6 Å². The number of urea groups is 1. The summed E-state index contributed by atoms with van der Waals surface area (Å²) in [5.74, 6) is 0. The van der Waals surface area contributed by atoms with Crippen LogP contribution in [-0.2, 0) is 4.74 Å². The number of nitrogens with zero attached hydrogens (tertiary/aromatic N) is 1. The van der Waals surface area contributed by atoms with E-state index in [1.165, 1.54) is 5.56 Å². The molecule has 1 aromatic rings. The average molecular weight is 277 g/mol. The summed E-state index contributed by atoms with van der Waals surface area (Å²) in [5, 5.41) is 6.10. The van der Waals surface area contributed by atoms with Crippen LogP contribution in [0.4, 0.5) is 10.5 Å². The lowest BCUT2D eigenvalue weighted by Crippen LogP contribution is -2.40. The molecule has 0 radical (unpaired) electrons. The summed E-state index contributed by atoms with van der Waals surface area (Å²) in [6.07, 6.45) is 0.905. The van der Waals surface area contributed by atoms with E-state index in [-0.39, 0.29) is 12.1 Å². The summed E-state index contributed by atoms with van der Waals surface area (Å²) >= 11 is 0. The van der Waals surface area contributed by atoms with Crippen LogP contribution in [0.5, 0.6) is 0 Å². The third kappa shape index (κ3) is 3.49. The second-order valence-corrected chi connectivity index (χ2v) is 5.19. The van der Waals surface area contributed by atoms with Gasteiger partial charge in [-0.2, -0.15) is 0 Å². The molecule has 2 atom stereocenters. The van der Waals surface area contributed by atoms with E-state index in [1.807, 2.05) is 38.4 Å². The smallest absolute Gasteiger partial charge is 0.321 e. The van der Waals surface area contributed by atoms with Gasteiger partial charge in [0.2, 0.25) is 0 Å². The Morgan fingerprint density at radius 1 is 1.40 bits per heavy atom. The number of carbonyl (C=O) groups is 1. The largest absolute Gasteiger partial charge is 0.379 e. The third-order valence-corrected chi connectivity index (χ3v) is 3.87. The predicted octanol–water partition coefficient (Wildman–Crippen LogP) is 2.22. The Hall–Kier alpha value is -1.59. The number of amides is 2. The molecule has 2 amide bonds. The van der Waals surface area contributed by atoms with Gasteiger partial charge < -0.3 is 20.3 Å². The fourth-order valence-electron chi connectivity index (χ4n) is 2.23. The van der Waals surface area contributed by atoms with Crippen LogP contribution < -0.4 is 10.6 Å². The standard InChI is InChI=1S/C15H23N3O2/c1-11(16-2)12-4-6-13(7-5-12)17-15(19)18(3)14-8-9-20-10-14/h4-7,11,14,16H,8-10H2,1-3H3,(H,17,19). The number of hydrogen-bond acceptors (Lipinski definition) is 3. The van der Waals surface area contributed by atoms with Gasteiger partial charge in [-0.05, 0) is 38.1 Å². The fraction of sp³-hybridized carbons (Fsp3) is 0.533. The molecular formula is C15H23N3O2. The molecule has 1 aliphatic rings. The van der Waals surface area contributed by atoms with Crippen molar-refractivity contribution in [1.29, 1.82) is 0 Å². The zero-order valence-corrected chi connectivity index (χ0v) is 12.3. The van der Waals surface area contributed by atoms with Gasteiger partial charge in [-0.3, -0.25) is 0 Å². The maximum Gasteiger partial charge on any atom is 0.321 e. The van der Waals surface area contributed by atoms with Crippen LogP contribution in [0.15, 0.2) is 24.3 Å². The maximum atomic E-state index is 12.1. The minimum Gasteiger partial charge on any atom is -0.379 e. The number of likely N-dealkylation sites (N-methyl/N-ethyl adjacent to an activating group) is 1. The Labute approximate surface area is 120 Å². The zero-order chi connectivity index (χ0) is 14.5. The Morgan fingerprint density at radius 2 is 2.10 bits per heavy atom. The van der Waals surface area contributed by atoms with E-state index >= 15 is 0 Å². The van der Waals surface area contributed by atoms with Gasteiger partial charge >= 0.3 is 6.03 Å². The van der Waals surface area contributed by atoms with Crippen LogP contribution in [0.3, 0.4) is 0 Å². The molecule has 0 aliphatic carbocycles. The molecule has 1 aromatic carbocycles. The van der Waals surface area contributed by atoms with Crippen LogP contribution in [-0.4, -0.2) is 44.3 Å². The lowest BCUT2D eigenvalue weighted by atomic mass is 10.1. The van der Waals surface area contributed by atoms with E-state index in [9.17, 15) is 4.79 Å². The summed E-state index contributed by atoms with van der Waals surface area (Å²) in [7, 11) is 3.74. The first kappa shape index (κ1) is 14.8. The van der Waals surface area contributed by atoms with Crippen molar-refractivity contribution in [3.63, 3.8) is 0 Å². The second-order valence-electron chi connectivity index (χ2n) is 5.19. The van der Waals surface area contributed by atoms with Crippen molar-refractivity contribution in [2.75, 3.05) is 32.6 Å². The van der Waals surface area contributed by atoms with Crippen LogP contribution in [0.25, 0.3) is 0 Å². The van der Waals surface area contributed by atoms with E-state index in [4.69, 9.17) is 4.74 Å². The zero-order valence-electron chi connectivity index (χ0n) is 12.3. The summed E-state index contributed by atoms with van der Waals surface area (Å²) in [5.41, 5.74) is 2.01. The molecule has 5 heteroatoms. The van der Waals surface area contributed by atoms with Gasteiger partial charge in [0.05, 0.1) is 12.6 Å². The lowest BCUT2D eigenvalue weighted by molar-refractivity contribution is 0.164. The first-order chi connectivity index (χ1) is 9.61. The minimum absolute atomic E-state index is 0.0880. The number of rotatable bonds is 4. The summed E-state index contributed by atoms with van der Waals surface area (Å²) in [4.78, 5) is 13.8. The van der Waals surface area contributed by atoms with Gasteiger partial charge in [0.25, 0.3) is 0 Å². The second kappa shape index (κ2) is 6.72. The molecule has 2 unspecified atom stereocenters. The highest BCUT2D eigenvalue weighted by molar-refractivity contribution is 5.89. The molecule has 5 nitrogen and oxygen atoms in total. The van der Waals surface area contributed by atoms with E-state index in [1.54, 1.807) is 4.90 Å². The van der Waals surface area contributed by atoms with Crippen molar-refractivity contribution < 1.29 is 9.53 Å². The molecule has 2 N–H and O–H groups in total. The van der Waals surface area contributed by atoms with Crippen LogP contribution >= 0.6 is 0 Å². The molecule has 1 saturated heterocycles. The van der Waals surface area contributed by atoms with Crippen LogP contribution in [0.2, 0.25) is 0 Å². The molecule has 0 aromatic heterocycles. The lowest BCUT2D eigenvalue weighted by Gasteiger charge is -2.23.